The second-order valence-corrected chi connectivity index (χ2v) is 5.65. The van der Waals surface area contributed by atoms with Crippen LogP contribution < -0.4 is 10.2 Å². The Labute approximate surface area is 128 Å². The minimum atomic E-state index is -0.297. The number of pyridine rings is 1. The molecule has 2 aromatic rings. The molecule has 110 valence electrons. The van der Waals surface area contributed by atoms with Crippen molar-refractivity contribution in [1.29, 1.82) is 0 Å². The number of anilines is 2. The molecule has 0 bridgehead atoms. The summed E-state index contributed by atoms with van der Waals surface area (Å²) in [6, 6.07) is 11.0. The molecule has 3 nitrogen and oxygen atoms in total. The molecule has 0 radical (unpaired) electrons. The van der Waals surface area contributed by atoms with E-state index in [2.05, 4.69) is 15.2 Å². The van der Waals surface area contributed by atoms with Gasteiger partial charge in [-0.2, -0.15) is 0 Å². The van der Waals surface area contributed by atoms with Gasteiger partial charge >= 0.3 is 0 Å². The van der Waals surface area contributed by atoms with Crippen molar-refractivity contribution in [2.24, 2.45) is 0 Å². The highest BCUT2D eigenvalue weighted by Gasteiger charge is 2.20. The van der Waals surface area contributed by atoms with Crippen LogP contribution in [0.15, 0.2) is 42.6 Å². The highest BCUT2D eigenvalue weighted by atomic mass is 35.5. The zero-order chi connectivity index (χ0) is 14.7. The molecule has 1 fully saturated rings. The topological polar surface area (TPSA) is 28.2 Å². The number of piperidine rings is 1. The van der Waals surface area contributed by atoms with Gasteiger partial charge in [0.1, 0.15) is 11.6 Å². The van der Waals surface area contributed by atoms with Gasteiger partial charge in [0.15, 0.2) is 0 Å². The van der Waals surface area contributed by atoms with E-state index >= 15 is 0 Å². The summed E-state index contributed by atoms with van der Waals surface area (Å²) in [4.78, 5) is 6.63. The number of benzene rings is 1. The molecule has 1 aliphatic heterocycles. The minimum absolute atomic E-state index is 0.278. The molecule has 2 heterocycles. The number of nitrogens with zero attached hydrogens (tertiary/aromatic N) is 2. The van der Waals surface area contributed by atoms with Crippen LogP contribution >= 0.6 is 11.6 Å². The van der Waals surface area contributed by atoms with Gasteiger partial charge < -0.3 is 10.2 Å². The van der Waals surface area contributed by atoms with Gasteiger partial charge in [-0.05, 0) is 43.2 Å². The Bertz CT molecular complexity index is 598. The van der Waals surface area contributed by atoms with E-state index in [9.17, 15) is 4.39 Å². The van der Waals surface area contributed by atoms with Crippen molar-refractivity contribution in [3.8, 4) is 0 Å². The molecular formula is C16H17ClFN3. The Morgan fingerprint density at radius 1 is 1.19 bits per heavy atom. The van der Waals surface area contributed by atoms with Gasteiger partial charge in [0.05, 0.1) is 5.69 Å². The van der Waals surface area contributed by atoms with Crippen LogP contribution in [0.2, 0.25) is 5.02 Å². The fraction of sp³-hybridized carbons (Fsp3) is 0.312. The molecule has 5 heteroatoms. The van der Waals surface area contributed by atoms with Crippen molar-refractivity contribution in [1.82, 2.24) is 4.98 Å². The summed E-state index contributed by atoms with van der Waals surface area (Å²) < 4.78 is 13.8. The third-order valence-electron chi connectivity index (χ3n) is 3.76. The maximum absolute atomic E-state index is 13.8. The van der Waals surface area contributed by atoms with Crippen molar-refractivity contribution in [2.45, 2.75) is 18.9 Å². The average Bonchev–Trinajstić information content (AvgIpc) is 2.52. The lowest BCUT2D eigenvalue weighted by atomic mass is 10.0. The second kappa shape index (κ2) is 6.31. The summed E-state index contributed by atoms with van der Waals surface area (Å²) in [5.41, 5.74) is 0.524. The summed E-state index contributed by atoms with van der Waals surface area (Å²) in [6.45, 7) is 1.84. The van der Waals surface area contributed by atoms with Gasteiger partial charge in [-0.15, -0.1) is 0 Å². The lowest BCUT2D eigenvalue weighted by Crippen LogP contribution is -2.39. The first-order valence-corrected chi connectivity index (χ1v) is 7.48. The maximum Gasteiger partial charge on any atom is 0.147 e. The summed E-state index contributed by atoms with van der Waals surface area (Å²) in [6.07, 6.45) is 3.72. The van der Waals surface area contributed by atoms with Gasteiger partial charge in [-0.3, -0.25) is 0 Å². The Balaban J connectivity index is 1.59. The number of nitrogens with one attached hydrogen (secondary N) is 1. The highest BCUT2D eigenvalue weighted by Crippen LogP contribution is 2.23. The average molecular weight is 306 g/mol. The minimum Gasteiger partial charge on any atom is -0.380 e. The van der Waals surface area contributed by atoms with E-state index in [1.54, 1.807) is 12.1 Å². The molecule has 0 atom stereocenters. The standard InChI is InChI=1S/C16H17ClFN3/c17-12-4-5-15(14(18)11-12)20-13-6-9-21(10-7-13)16-3-1-2-8-19-16/h1-5,8,11,13,20H,6-7,9-10H2. The van der Waals surface area contributed by atoms with Crippen molar-refractivity contribution < 1.29 is 4.39 Å². The van der Waals surface area contributed by atoms with E-state index in [1.807, 2.05) is 24.4 Å². The first kappa shape index (κ1) is 14.1. The summed E-state index contributed by atoms with van der Waals surface area (Å²) in [5, 5.41) is 3.69. The Kier molecular flexibility index (Phi) is 4.25. The molecule has 1 N–H and O–H groups in total. The van der Waals surface area contributed by atoms with Gasteiger partial charge in [0.25, 0.3) is 0 Å². The number of aromatic nitrogens is 1. The summed E-state index contributed by atoms with van der Waals surface area (Å²) in [7, 11) is 0. The van der Waals surface area contributed by atoms with Crippen molar-refractivity contribution in [2.75, 3.05) is 23.3 Å². The predicted molar refractivity (Wildman–Crippen MR) is 84.5 cm³/mol. The molecule has 0 aliphatic carbocycles. The largest absolute Gasteiger partial charge is 0.380 e. The van der Waals surface area contributed by atoms with Crippen molar-refractivity contribution in [3.63, 3.8) is 0 Å². The quantitative estimate of drug-likeness (QED) is 0.930. The molecule has 1 aromatic heterocycles. The van der Waals surface area contributed by atoms with Crippen LogP contribution in [0.25, 0.3) is 0 Å². The van der Waals surface area contributed by atoms with E-state index in [0.29, 0.717) is 10.7 Å². The lowest BCUT2D eigenvalue weighted by molar-refractivity contribution is 0.519. The van der Waals surface area contributed by atoms with Gasteiger partial charge in [0.2, 0.25) is 0 Å². The molecule has 0 amide bonds. The van der Waals surface area contributed by atoms with Crippen LogP contribution in [0, 0.1) is 5.82 Å². The van der Waals surface area contributed by atoms with Crippen LogP contribution in [0.1, 0.15) is 12.8 Å². The second-order valence-electron chi connectivity index (χ2n) is 5.22. The summed E-state index contributed by atoms with van der Waals surface area (Å²) in [5.74, 6) is 0.711. The molecule has 1 saturated heterocycles. The molecule has 3 rings (SSSR count). The van der Waals surface area contributed by atoms with Gasteiger partial charge in [0, 0.05) is 30.4 Å². The van der Waals surface area contributed by atoms with Crippen LogP contribution in [0.5, 0.6) is 0 Å². The van der Waals surface area contributed by atoms with E-state index in [1.165, 1.54) is 6.07 Å². The molecule has 1 aromatic carbocycles. The predicted octanol–water partition coefficient (Wildman–Crippen LogP) is 3.96. The molecule has 1 aliphatic rings. The third kappa shape index (κ3) is 3.45. The van der Waals surface area contributed by atoms with Crippen LogP contribution in [-0.2, 0) is 0 Å². The van der Waals surface area contributed by atoms with Crippen LogP contribution in [0.3, 0.4) is 0 Å². The number of hydrogen-bond donors (Lipinski definition) is 1. The summed E-state index contributed by atoms with van der Waals surface area (Å²) >= 11 is 5.77. The smallest absolute Gasteiger partial charge is 0.147 e. The normalized spacial score (nSPS) is 16.0. The molecular weight excluding hydrogens is 289 g/mol. The Morgan fingerprint density at radius 3 is 2.67 bits per heavy atom. The number of rotatable bonds is 3. The van der Waals surface area contributed by atoms with Gasteiger partial charge in [-0.1, -0.05) is 17.7 Å². The number of halogens is 2. The monoisotopic (exact) mass is 305 g/mol. The zero-order valence-corrected chi connectivity index (χ0v) is 12.4. The zero-order valence-electron chi connectivity index (χ0n) is 11.6. The molecule has 21 heavy (non-hydrogen) atoms. The highest BCUT2D eigenvalue weighted by molar-refractivity contribution is 6.30. The van der Waals surface area contributed by atoms with Crippen molar-refractivity contribution in [3.05, 3.63) is 53.4 Å². The van der Waals surface area contributed by atoms with Gasteiger partial charge in [-0.25, -0.2) is 9.37 Å². The SMILES string of the molecule is Fc1cc(Cl)ccc1NC1CCN(c2ccccn2)CC1. The van der Waals surface area contributed by atoms with Crippen molar-refractivity contribution >= 4 is 23.1 Å². The van der Waals surface area contributed by atoms with Crippen LogP contribution in [-0.4, -0.2) is 24.1 Å². The molecule has 0 spiro atoms. The number of hydrogen-bond acceptors (Lipinski definition) is 3. The third-order valence-corrected chi connectivity index (χ3v) is 3.99. The van der Waals surface area contributed by atoms with E-state index in [-0.39, 0.29) is 11.9 Å². The Morgan fingerprint density at radius 2 is 2.00 bits per heavy atom. The molecule has 0 saturated carbocycles. The van der Waals surface area contributed by atoms with E-state index < -0.39 is 0 Å². The molecule has 0 unspecified atom stereocenters. The maximum atomic E-state index is 13.8. The first-order chi connectivity index (χ1) is 10.2. The first-order valence-electron chi connectivity index (χ1n) is 7.10. The van der Waals surface area contributed by atoms with E-state index in [0.717, 1.165) is 31.7 Å². The Hall–Kier alpha value is -1.81. The van der Waals surface area contributed by atoms with Crippen LogP contribution in [0.4, 0.5) is 15.9 Å². The fourth-order valence-corrected chi connectivity index (χ4v) is 2.78. The lowest BCUT2D eigenvalue weighted by Gasteiger charge is -2.33. The van der Waals surface area contributed by atoms with E-state index in [4.69, 9.17) is 11.6 Å². The fourth-order valence-electron chi connectivity index (χ4n) is 2.62.